The van der Waals surface area contributed by atoms with Crippen LogP contribution < -0.4 is 5.32 Å². The standard InChI is InChI=1S/C19H27N5O3/c1-4-16-18(24(25)26)19(22(3)21-16)20-13-17(23-8-10-27-11-9-23)15-7-5-6-14(2)12-15/h5-7,12,17,20H,4,8-11,13H2,1-3H3. The van der Waals surface area contributed by atoms with Crippen molar-refractivity contribution >= 4 is 11.5 Å². The molecule has 8 nitrogen and oxygen atoms in total. The highest BCUT2D eigenvalue weighted by atomic mass is 16.6. The van der Waals surface area contributed by atoms with E-state index in [1.807, 2.05) is 6.92 Å². The predicted molar refractivity (Wildman–Crippen MR) is 104 cm³/mol. The summed E-state index contributed by atoms with van der Waals surface area (Å²) in [5, 5.41) is 19.2. The van der Waals surface area contributed by atoms with E-state index in [1.165, 1.54) is 11.1 Å². The number of hydrogen-bond acceptors (Lipinski definition) is 6. The second-order valence-electron chi connectivity index (χ2n) is 6.84. The molecule has 1 aromatic carbocycles. The highest BCUT2D eigenvalue weighted by Gasteiger charge is 2.28. The third-order valence-corrected chi connectivity index (χ3v) is 4.99. The van der Waals surface area contributed by atoms with Crippen molar-refractivity contribution in [3.05, 3.63) is 51.2 Å². The molecule has 27 heavy (non-hydrogen) atoms. The van der Waals surface area contributed by atoms with Crippen molar-refractivity contribution in [1.82, 2.24) is 14.7 Å². The summed E-state index contributed by atoms with van der Waals surface area (Å²) in [6.45, 7) is 7.60. The van der Waals surface area contributed by atoms with E-state index >= 15 is 0 Å². The van der Waals surface area contributed by atoms with Crippen molar-refractivity contribution in [2.45, 2.75) is 26.3 Å². The molecule has 1 atom stereocenters. The Balaban J connectivity index is 1.87. The first kappa shape index (κ1) is 19.3. The van der Waals surface area contributed by atoms with E-state index in [0.717, 1.165) is 13.1 Å². The molecule has 1 unspecified atom stereocenters. The van der Waals surface area contributed by atoms with Gasteiger partial charge in [-0.25, -0.2) is 4.68 Å². The van der Waals surface area contributed by atoms with E-state index in [1.54, 1.807) is 11.7 Å². The smallest absolute Gasteiger partial charge is 0.333 e. The SMILES string of the molecule is CCc1nn(C)c(NCC(c2cccc(C)c2)N2CCOCC2)c1[N+](=O)[O-]. The van der Waals surface area contributed by atoms with E-state index in [2.05, 4.69) is 46.5 Å². The first-order valence-electron chi connectivity index (χ1n) is 9.33. The quantitative estimate of drug-likeness (QED) is 0.593. The Hall–Kier alpha value is -2.45. The minimum Gasteiger partial charge on any atom is -0.379 e. The molecule has 0 aliphatic carbocycles. The molecule has 0 saturated carbocycles. The molecule has 1 aliphatic rings. The molecular formula is C19H27N5O3. The Morgan fingerprint density at radius 1 is 1.37 bits per heavy atom. The molecule has 0 spiro atoms. The number of morpholine rings is 1. The maximum absolute atomic E-state index is 11.6. The highest BCUT2D eigenvalue weighted by Crippen LogP contribution is 2.30. The van der Waals surface area contributed by atoms with E-state index in [9.17, 15) is 10.1 Å². The molecule has 0 bridgehead atoms. The van der Waals surface area contributed by atoms with Gasteiger partial charge in [0, 0.05) is 26.7 Å². The molecule has 2 aromatic rings. The van der Waals surface area contributed by atoms with E-state index in [0.29, 0.717) is 37.7 Å². The maximum atomic E-state index is 11.6. The summed E-state index contributed by atoms with van der Waals surface area (Å²) in [4.78, 5) is 13.6. The number of aryl methyl sites for hydroxylation is 3. The molecule has 1 fully saturated rings. The zero-order valence-corrected chi connectivity index (χ0v) is 16.1. The van der Waals surface area contributed by atoms with E-state index in [-0.39, 0.29) is 16.7 Å². The second-order valence-corrected chi connectivity index (χ2v) is 6.84. The van der Waals surface area contributed by atoms with Gasteiger partial charge in [0.1, 0.15) is 5.69 Å². The van der Waals surface area contributed by atoms with Gasteiger partial charge >= 0.3 is 5.69 Å². The molecule has 1 N–H and O–H groups in total. The molecule has 146 valence electrons. The van der Waals surface area contributed by atoms with Crippen LogP contribution in [-0.4, -0.2) is 52.5 Å². The largest absolute Gasteiger partial charge is 0.379 e. The Kier molecular flexibility index (Phi) is 6.08. The van der Waals surface area contributed by atoms with Gasteiger partial charge in [-0.3, -0.25) is 15.0 Å². The van der Waals surface area contributed by atoms with Crippen LogP contribution in [0.2, 0.25) is 0 Å². The van der Waals surface area contributed by atoms with Gasteiger partial charge in [-0.15, -0.1) is 0 Å². The number of nitro groups is 1. The lowest BCUT2D eigenvalue weighted by atomic mass is 10.0. The summed E-state index contributed by atoms with van der Waals surface area (Å²) in [6, 6.07) is 8.53. The van der Waals surface area contributed by atoms with Crippen LogP contribution in [0.1, 0.15) is 29.8 Å². The Labute approximate surface area is 159 Å². The molecule has 2 heterocycles. The highest BCUT2D eigenvalue weighted by molar-refractivity contribution is 5.60. The first-order chi connectivity index (χ1) is 13.0. The second kappa shape index (κ2) is 8.49. The normalized spacial score (nSPS) is 16.3. The molecule has 1 aliphatic heterocycles. The summed E-state index contributed by atoms with van der Waals surface area (Å²) in [5.74, 6) is 0.461. The monoisotopic (exact) mass is 373 g/mol. The van der Waals surface area contributed by atoms with Crippen LogP contribution in [0.5, 0.6) is 0 Å². The van der Waals surface area contributed by atoms with Crippen LogP contribution in [0.4, 0.5) is 11.5 Å². The van der Waals surface area contributed by atoms with Gasteiger partial charge in [0.25, 0.3) is 0 Å². The Bertz CT molecular complexity index is 799. The van der Waals surface area contributed by atoms with Crippen molar-refractivity contribution in [3.8, 4) is 0 Å². The lowest BCUT2D eigenvalue weighted by molar-refractivity contribution is -0.384. The topological polar surface area (TPSA) is 85.5 Å². The van der Waals surface area contributed by atoms with Gasteiger partial charge in [0.2, 0.25) is 5.82 Å². The fourth-order valence-electron chi connectivity index (χ4n) is 3.61. The zero-order chi connectivity index (χ0) is 19.4. The maximum Gasteiger partial charge on any atom is 0.333 e. The fraction of sp³-hybridized carbons (Fsp3) is 0.526. The fourth-order valence-corrected chi connectivity index (χ4v) is 3.61. The molecular weight excluding hydrogens is 346 g/mol. The van der Waals surface area contributed by atoms with Gasteiger partial charge in [-0.2, -0.15) is 5.10 Å². The lowest BCUT2D eigenvalue weighted by Gasteiger charge is -2.35. The molecule has 0 radical (unpaired) electrons. The van der Waals surface area contributed by atoms with Crippen molar-refractivity contribution in [2.24, 2.45) is 7.05 Å². The van der Waals surface area contributed by atoms with Crippen LogP contribution in [0.15, 0.2) is 24.3 Å². The van der Waals surface area contributed by atoms with Crippen LogP contribution in [0, 0.1) is 17.0 Å². The van der Waals surface area contributed by atoms with E-state index < -0.39 is 0 Å². The van der Waals surface area contributed by atoms with Gasteiger partial charge in [-0.05, 0) is 18.9 Å². The summed E-state index contributed by atoms with van der Waals surface area (Å²) < 4.78 is 7.07. The average Bonchev–Trinajstić information content (AvgIpc) is 2.99. The van der Waals surface area contributed by atoms with Gasteiger partial charge in [-0.1, -0.05) is 36.8 Å². The summed E-state index contributed by atoms with van der Waals surface area (Å²) in [5.41, 5.74) is 2.98. The molecule has 1 saturated heterocycles. The zero-order valence-electron chi connectivity index (χ0n) is 16.1. The minimum atomic E-state index is -0.343. The van der Waals surface area contributed by atoms with Crippen LogP contribution >= 0.6 is 0 Å². The van der Waals surface area contributed by atoms with Crippen LogP contribution in [0.3, 0.4) is 0 Å². The van der Waals surface area contributed by atoms with Crippen molar-refractivity contribution in [1.29, 1.82) is 0 Å². The van der Waals surface area contributed by atoms with Gasteiger partial charge < -0.3 is 10.1 Å². The summed E-state index contributed by atoms with van der Waals surface area (Å²) >= 11 is 0. The lowest BCUT2D eigenvalue weighted by Crippen LogP contribution is -2.41. The number of benzene rings is 1. The number of ether oxygens (including phenoxy) is 1. The Morgan fingerprint density at radius 3 is 2.74 bits per heavy atom. The summed E-state index contributed by atoms with van der Waals surface area (Å²) in [6.07, 6.45) is 0.524. The van der Waals surface area contributed by atoms with Crippen molar-refractivity contribution in [2.75, 3.05) is 38.2 Å². The number of nitrogens with one attached hydrogen (secondary N) is 1. The van der Waals surface area contributed by atoms with Gasteiger partial charge in [0.05, 0.1) is 24.2 Å². The third kappa shape index (κ3) is 4.28. The van der Waals surface area contributed by atoms with Crippen LogP contribution in [0.25, 0.3) is 0 Å². The predicted octanol–water partition coefficient (Wildman–Crippen LogP) is 2.68. The Morgan fingerprint density at radius 2 is 2.11 bits per heavy atom. The molecule has 3 rings (SSSR count). The van der Waals surface area contributed by atoms with Gasteiger partial charge in [0.15, 0.2) is 0 Å². The average molecular weight is 373 g/mol. The van der Waals surface area contributed by atoms with Crippen LogP contribution in [-0.2, 0) is 18.2 Å². The first-order valence-corrected chi connectivity index (χ1v) is 9.33. The molecule has 1 aromatic heterocycles. The minimum absolute atomic E-state index is 0.0740. The molecule has 0 amide bonds. The number of anilines is 1. The third-order valence-electron chi connectivity index (χ3n) is 4.99. The summed E-state index contributed by atoms with van der Waals surface area (Å²) in [7, 11) is 1.74. The number of hydrogen-bond donors (Lipinski definition) is 1. The van der Waals surface area contributed by atoms with Crippen molar-refractivity contribution in [3.63, 3.8) is 0 Å². The van der Waals surface area contributed by atoms with Crippen molar-refractivity contribution < 1.29 is 9.66 Å². The van der Waals surface area contributed by atoms with E-state index in [4.69, 9.17) is 4.74 Å². The number of rotatable bonds is 7. The number of aromatic nitrogens is 2. The molecule has 8 heteroatoms. The number of nitrogens with zero attached hydrogens (tertiary/aromatic N) is 4.